The van der Waals surface area contributed by atoms with Crippen molar-refractivity contribution in [3.8, 4) is 0 Å². The van der Waals surface area contributed by atoms with Crippen LogP contribution in [0.4, 0.5) is 5.69 Å². The molecule has 1 amide bonds. The number of para-hydroxylation sites is 1. The molecule has 1 atom stereocenters. The number of aromatic nitrogens is 2. The molecule has 1 aromatic heterocycles. The first-order chi connectivity index (χ1) is 10.5. The Labute approximate surface area is 134 Å². The van der Waals surface area contributed by atoms with Crippen LogP contribution in [0.25, 0.3) is 0 Å². The highest BCUT2D eigenvalue weighted by Gasteiger charge is 2.31. The van der Waals surface area contributed by atoms with E-state index in [1.54, 1.807) is 9.58 Å². The summed E-state index contributed by atoms with van der Waals surface area (Å²) in [4.78, 5) is 14.4. The average Bonchev–Trinajstić information content (AvgIpc) is 3.01. The lowest BCUT2D eigenvalue weighted by molar-refractivity contribution is -0.119. The van der Waals surface area contributed by atoms with Crippen LogP contribution >= 0.6 is 11.6 Å². The van der Waals surface area contributed by atoms with Crippen molar-refractivity contribution < 1.29 is 9.90 Å². The number of carbonyl (C=O) groups excluding carboxylic acids is 1. The van der Waals surface area contributed by atoms with E-state index in [0.29, 0.717) is 11.6 Å². The topological polar surface area (TPSA) is 58.4 Å². The van der Waals surface area contributed by atoms with Crippen LogP contribution < -0.4 is 4.90 Å². The van der Waals surface area contributed by atoms with Crippen LogP contribution in [-0.2, 0) is 11.3 Å². The van der Waals surface area contributed by atoms with Crippen molar-refractivity contribution in [2.24, 2.45) is 0 Å². The highest BCUT2D eigenvalue weighted by molar-refractivity contribution is 6.31. The van der Waals surface area contributed by atoms with Gasteiger partial charge in [0.1, 0.15) is 6.54 Å². The minimum atomic E-state index is -0.0503. The van der Waals surface area contributed by atoms with E-state index in [-0.39, 0.29) is 25.0 Å². The first-order valence-corrected chi connectivity index (χ1v) is 7.60. The molecule has 0 saturated heterocycles. The number of nitrogens with zero attached hydrogens (tertiary/aromatic N) is 3. The quantitative estimate of drug-likeness (QED) is 0.944. The van der Waals surface area contributed by atoms with Gasteiger partial charge >= 0.3 is 0 Å². The zero-order chi connectivity index (χ0) is 15.9. The number of hydrogen-bond donors (Lipinski definition) is 1. The molecule has 5 nitrogen and oxygen atoms in total. The summed E-state index contributed by atoms with van der Waals surface area (Å²) in [6.45, 7) is 4.35. The summed E-state index contributed by atoms with van der Waals surface area (Å²) in [5.74, 6) is -0.0742. The maximum Gasteiger partial charge on any atom is 0.248 e. The largest absolute Gasteiger partial charge is 0.396 e. The van der Waals surface area contributed by atoms with Crippen LogP contribution in [0, 0.1) is 13.8 Å². The molecule has 1 N–H and O–H groups in total. The van der Waals surface area contributed by atoms with Crippen molar-refractivity contribution in [3.63, 3.8) is 0 Å². The summed E-state index contributed by atoms with van der Waals surface area (Å²) in [6, 6.07) is 7.70. The number of fused-ring (bicyclic) bond motifs is 1. The Morgan fingerprint density at radius 1 is 1.41 bits per heavy atom. The highest BCUT2D eigenvalue weighted by atomic mass is 35.5. The molecule has 116 valence electrons. The van der Waals surface area contributed by atoms with Gasteiger partial charge in [0.05, 0.1) is 23.0 Å². The second kappa shape index (κ2) is 5.74. The minimum Gasteiger partial charge on any atom is -0.396 e. The smallest absolute Gasteiger partial charge is 0.248 e. The van der Waals surface area contributed by atoms with Gasteiger partial charge in [-0.25, -0.2) is 0 Å². The molecule has 0 bridgehead atoms. The predicted molar refractivity (Wildman–Crippen MR) is 85.3 cm³/mol. The predicted octanol–water partition coefficient (Wildman–Crippen LogP) is 2.28. The SMILES string of the molecule is Cc1nn(CC(=O)N2CC(CO)c3ccccc32)c(C)c1Cl. The van der Waals surface area contributed by atoms with E-state index in [4.69, 9.17) is 11.6 Å². The first kappa shape index (κ1) is 15.1. The number of aliphatic hydroxyl groups excluding tert-OH is 1. The van der Waals surface area contributed by atoms with Crippen LogP contribution in [0.5, 0.6) is 0 Å². The van der Waals surface area contributed by atoms with E-state index in [9.17, 15) is 9.90 Å². The van der Waals surface area contributed by atoms with Gasteiger partial charge in [0.25, 0.3) is 0 Å². The van der Waals surface area contributed by atoms with Crippen molar-refractivity contribution in [1.82, 2.24) is 9.78 Å². The number of halogens is 1. The lowest BCUT2D eigenvalue weighted by Gasteiger charge is -2.18. The fraction of sp³-hybridized carbons (Fsp3) is 0.375. The number of benzene rings is 1. The van der Waals surface area contributed by atoms with Gasteiger partial charge in [-0.05, 0) is 25.5 Å². The average molecular weight is 320 g/mol. The van der Waals surface area contributed by atoms with Crippen molar-refractivity contribution in [3.05, 3.63) is 46.2 Å². The summed E-state index contributed by atoms with van der Waals surface area (Å²) in [7, 11) is 0. The Morgan fingerprint density at radius 3 is 2.77 bits per heavy atom. The standard InChI is InChI=1S/C16H18ClN3O2/c1-10-16(17)11(2)20(18-10)8-15(22)19-7-12(9-21)13-5-3-4-6-14(13)19/h3-6,12,21H,7-9H2,1-2H3. The number of rotatable bonds is 3. The van der Waals surface area contributed by atoms with Gasteiger partial charge in [0.2, 0.25) is 5.91 Å². The minimum absolute atomic E-state index is 0.0239. The molecule has 3 rings (SSSR count). The summed E-state index contributed by atoms with van der Waals surface area (Å²) in [5, 5.41) is 14.4. The van der Waals surface area contributed by atoms with Crippen molar-refractivity contribution in [2.75, 3.05) is 18.1 Å². The zero-order valence-electron chi connectivity index (χ0n) is 12.6. The van der Waals surface area contributed by atoms with E-state index in [1.165, 1.54) is 0 Å². The fourth-order valence-electron chi connectivity index (χ4n) is 2.93. The second-order valence-corrected chi connectivity index (χ2v) is 5.96. The van der Waals surface area contributed by atoms with Crippen LogP contribution in [-0.4, -0.2) is 33.9 Å². The van der Waals surface area contributed by atoms with Gasteiger partial charge in [-0.1, -0.05) is 29.8 Å². The summed E-state index contributed by atoms with van der Waals surface area (Å²) in [6.07, 6.45) is 0. The third-order valence-electron chi connectivity index (χ3n) is 4.17. The third-order valence-corrected chi connectivity index (χ3v) is 4.72. The second-order valence-electron chi connectivity index (χ2n) is 5.59. The molecule has 2 aromatic rings. The summed E-state index contributed by atoms with van der Waals surface area (Å²) >= 11 is 6.13. The summed E-state index contributed by atoms with van der Waals surface area (Å²) in [5.41, 5.74) is 3.41. The van der Waals surface area contributed by atoms with E-state index in [0.717, 1.165) is 22.6 Å². The molecule has 0 fully saturated rings. The number of amides is 1. The van der Waals surface area contributed by atoms with Gasteiger partial charge < -0.3 is 10.0 Å². The van der Waals surface area contributed by atoms with Crippen molar-refractivity contribution in [1.29, 1.82) is 0 Å². The molecule has 0 aliphatic carbocycles. The Kier molecular flexibility index (Phi) is 3.93. The van der Waals surface area contributed by atoms with Crippen LogP contribution in [0.3, 0.4) is 0 Å². The molecule has 1 aromatic carbocycles. The molecule has 0 saturated carbocycles. The van der Waals surface area contributed by atoms with Crippen LogP contribution in [0.15, 0.2) is 24.3 Å². The van der Waals surface area contributed by atoms with Gasteiger partial charge in [0.15, 0.2) is 0 Å². The van der Waals surface area contributed by atoms with Crippen LogP contribution in [0.1, 0.15) is 22.9 Å². The molecule has 1 unspecified atom stereocenters. The summed E-state index contributed by atoms with van der Waals surface area (Å²) < 4.78 is 1.63. The Hall–Kier alpha value is -1.85. The van der Waals surface area contributed by atoms with Gasteiger partial charge in [-0.2, -0.15) is 5.10 Å². The number of aliphatic hydroxyl groups is 1. The van der Waals surface area contributed by atoms with E-state index >= 15 is 0 Å². The van der Waals surface area contributed by atoms with Gasteiger partial charge in [-0.15, -0.1) is 0 Å². The Morgan fingerprint density at radius 2 is 2.14 bits per heavy atom. The third kappa shape index (κ3) is 2.40. The monoisotopic (exact) mass is 319 g/mol. The fourth-order valence-corrected chi connectivity index (χ4v) is 3.07. The molecular weight excluding hydrogens is 302 g/mol. The number of carbonyl (C=O) groups is 1. The normalized spacial score (nSPS) is 16.9. The highest BCUT2D eigenvalue weighted by Crippen LogP contribution is 2.35. The molecule has 1 aliphatic heterocycles. The number of anilines is 1. The number of aryl methyl sites for hydroxylation is 1. The Bertz CT molecular complexity index is 726. The molecule has 0 spiro atoms. The number of hydrogen-bond acceptors (Lipinski definition) is 3. The maximum atomic E-state index is 12.7. The zero-order valence-corrected chi connectivity index (χ0v) is 13.3. The molecule has 0 radical (unpaired) electrons. The van der Waals surface area contributed by atoms with E-state index in [2.05, 4.69) is 5.10 Å². The van der Waals surface area contributed by atoms with Crippen LogP contribution in [0.2, 0.25) is 5.02 Å². The van der Waals surface area contributed by atoms with Gasteiger partial charge in [0, 0.05) is 18.2 Å². The molecule has 1 aliphatic rings. The molecular formula is C16H18ClN3O2. The molecule has 22 heavy (non-hydrogen) atoms. The maximum absolute atomic E-state index is 12.7. The lowest BCUT2D eigenvalue weighted by atomic mass is 10.0. The lowest BCUT2D eigenvalue weighted by Crippen LogP contribution is -2.33. The Balaban J connectivity index is 1.86. The van der Waals surface area contributed by atoms with E-state index < -0.39 is 0 Å². The molecule has 2 heterocycles. The molecule has 6 heteroatoms. The first-order valence-electron chi connectivity index (χ1n) is 7.22. The van der Waals surface area contributed by atoms with E-state index in [1.807, 2.05) is 38.1 Å². The van der Waals surface area contributed by atoms with Crippen molar-refractivity contribution >= 4 is 23.2 Å². The van der Waals surface area contributed by atoms with Crippen molar-refractivity contribution in [2.45, 2.75) is 26.3 Å². The van der Waals surface area contributed by atoms with Gasteiger partial charge in [-0.3, -0.25) is 9.48 Å².